The number of fused-ring (bicyclic) bond motifs is 1. The number of hydrogen-bond donors (Lipinski definition) is 2. The second kappa shape index (κ2) is 5.27. The lowest BCUT2D eigenvalue weighted by Gasteiger charge is -2.40. The van der Waals surface area contributed by atoms with Crippen LogP contribution in [0, 0.1) is 5.82 Å². The zero-order valence-corrected chi connectivity index (χ0v) is 12.1. The van der Waals surface area contributed by atoms with Gasteiger partial charge in [-0.25, -0.2) is 4.39 Å². The lowest BCUT2D eigenvalue weighted by Crippen LogP contribution is -2.49. The van der Waals surface area contributed by atoms with E-state index < -0.39 is 17.8 Å². The van der Waals surface area contributed by atoms with Crippen LogP contribution >= 0.6 is 0 Å². The van der Waals surface area contributed by atoms with Crippen LogP contribution in [0.25, 0.3) is 0 Å². The van der Waals surface area contributed by atoms with Crippen LogP contribution in [0.1, 0.15) is 31.9 Å². The maximum Gasteiger partial charge on any atom is 0.257 e. The van der Waals surface area contributed by atoms with Gasteiger partial charge in [-0.1, -0.05) is 6.92 Å². The van der Waals surface area contributed by atoms with E-state index in [1.54, 1.807) is 6.07 Å². The first-order valence-electron chi connectivity index (χ1n) is 7.21. The molecule has 0 spiro atoms. The fourth-order valence-electron chi connectivity index (χ4n) is 2.95. The fraction of sp³-hybridized carbons (Fsp3) is 0.533. The molecule has 0 aromatic heterocycles. The second-order valence-electron chi connectivity index (χ2n) is 5.64. The summed E-state index contributed by atoms with van der Waals surface area (Å²) >= 11 is 0. The summed E-state index contributed by atoms with van der Waals surface area (Å²) in [4.78, 5) is 13.5. The zero-order chi connectivity index (χ0) is 15.1. The molecule has 3 atom stereocenters. The molecule has 1 aromatic rings. The number of hydrogen-bond acceptors (Lipinski definition) is 4. The molecule has 2 N–H and O–H groups in total. The molecule has 0 bridgehead atoms. The Labute approximate surface area is 122 Å². The number of amides is 1. The highest BCUT2D eigenvalue weighted by Crippen LogP contribution is 2.37. The number of nitrogens with one attached hydrogen (secondary N) is 1. The smallest absolute Gasteiger partial charge is 0.257 e. The number of aliphatic hydroxyl groups excluding tert-OH is 1. The van der Waals surface area contributed by atoms with E-state index in [-0.39, 0.29) is 12.1 Å². The number of halogens is 1. The average Bonchev–Trinajstić information content (AvgIpc) is 2.73. The number of aliphatic hydroxyl groups is 1. The molecular formula is C15H19FN2O3. The molecule has 2 aliphatic rings. The van der Waals surface area contributed by atoms with Gasteiger partial charge >= 0.3 is 0 Å². The van der Waals surface area contributed by atoms with E-state index in [4.69, 9.17) is 4.74 Å². The average molecular weight is 294 g/mol. The van der Waals surface area contributed by atoms with Gasteiger partial charge in [-0.2, -0.15) is 0 Å². The van der Waals surface area contributed by atoms with Crippen LogP contribution in [0.3, 0.4) is 0 Å². The van der Waals surface area contributed by atoms with Crippen molar-refractivity contribution in [1.29, 1.82) is 0 Å². The predicted molar refractivity (Wildman–Crippen MR) is 76.8 cm³/mol. The van der Waals surface area contributed by atoms with Crippen molar-refractivity contribution in [2.24, 2.45) is 0 Å². The molecule has 1 saturated heterocycles. The molecular weight excluding hydrogens is 275 g/mol. The van der Waals surface area contributed by atoms with Crippen molar-refractivity contribution in [3.63, 3.8) is 0 Å². The van der Waals surface area contributed by atoms with Gasteiger partial charge in [0.05, 0.1) is 24.4 Å². The Morgan fingerprint density at radius 3 is 3.00 bits per heavy atom. The lowest BCUT2D eigenvalue weighted by molar-refractivity contribution is -0.123. The zero-order valence-electron chi connectivity index (χ0n) is 12.1. The van der Waals surface area contributed by atoms with Gasteiger partial charge in [0.25, 0.3) is 5.91 Å². The first-order valence-corrected chi connectivity index (χ1v) is 7.21. The highest BCUT2D eigenvalue weighted by atomic mass is 19.1. The molecule has 114 valence electrons. The van der Waals surface area contributed by atoms with Gasteiger partial charge in [0.1, 0.15) is 5.82 Å². The van der Waals surface area contributed by atoms with Crippen LogP contribution in [-0.2, 0) is 9.53 Å². The predicted octanol–water partition coefficient (Wildman–Crippen LogP) is 1.81. The summed E-state index contributed by atoms with van der Waals surface area (Å²) in [5, 5.41) is 12.3. The van der Waals surface area contributed by atoms with E-state index in [9.17, 15) is 14.3 Å². The maximum absolute atomic E-state index is 14.4. The minimum atomic E-state index is -1.28. The first-order chi connectivity index (χ1) is 10.0. The molecule has 2 heterocycles. The quantitative estimate of drug-likeness (QED) is 0.873. The Morgan fingerprint density at radius 2 is 2.29 bits per heavy atom. The number of benzene rings is 1. The van der Waals surface area contributed by atoms with Gasteiger partial charge in [0.15, 0.2) is 6.10 Å². The van der Waals surface area contributed by atoms with Crippen LogP contribution in [-0.4, -0.2) is 36.3 Å². The third-order valence-electron chi connectivity index (χ3n) is 4.17. The largest absolute Gasteiger partial charge is 0.378 e. The molecule has 3 rings (SSSR count). The van der Waals surface area contributed by atoms with Crippen molar-refractivity contribution in [3.05, 3.63) is 23.5 Å². The molecule has 21 heavy (non-hydrogen) atoms. The van der Waals surface area contributed by atoms with Crippen molar-refractivity contribution < 1.29 is 19.0 Å². The maximum atomic E-state index is 14.4. The molecule has 1 aromatic carbocycles. The minimum Gasteiger partial charge on any atom is -0.378 e. The highest BCUT2D eigenvalue weighted by molar-refractivity contribution is 6.02. The van der Waals surface area contributed by atoms with Crippen molar-refractivity contribution in [3.8, 4) is 0 Å². The number of ether oxygens (including phenoxy) is 1. The molecule has 0 saturated carbocycles. The topological polar surface area (TPSA) is 61.8 Å². The van der Waals surface area contributed by atoms with Crippen LogP contribution in [0.4, 0.5) is 15.8 Å². The molecule has 6 heteroatoms. The third-order valence-corrected chi connectivity index (χ3v) is 4.17. The van der Waals surface area contributed by atoms with E-state index in [0.717, 1.165) is 6.42 Å². The molecule has 3 unspecified atom stereocenters. The number of anilines is 2. The highest BCUT2D eigenvalue weighted by Gasteiger charge is 2.33. The van der Waals surface area contributed by atoms with Gasteiger partial charge in [-0.3, -0.25) is 4.79 Å². The SMILES string of the molecule is CCC1COC(C)CN1c1cc2c(cc1F)C(O)C(=O)N2. The Morgan fingerprint density at radius 1 is 1.52 bits per heavy atom. The van der Waals surface area contributed by atoms with Crippen LogP contribution in [0.2, 0.25) is 0 Å². The van der Waals surface area contributed by atoms with E-state index >= 15 is 0 Å². The Kier molecular flexibility index (Phi) is 3.59. The number of carbonyl (C=O) groups is 1. The molecule has 2 aliphatic heterocycles. The second-order valence-corrected chi connectivity index (χ2v) is 5.64. The number of morpholine rings is 1. The van der Waals surface area contributed by atoms with Crippen molar-refractivity contribution in [2.75, 3.05) is 23.4 Å². The molecule has 0 radical (unpaired) electrons. The van der Waals surface area contributed by atoms with Gasteiger partial charge in [-0.05, 0) is 25.5 Å². The summed E-state index contributed by atoms with van der Waals surface area (Å²) in [5.41, 5.74) is 1.23. The van der Waals surface area contributed by atoms with Crippen molar-refractivity contribution in [1.82, 2.24) is 0 Å². The van der Waals surface area contributed by atoms with Gasteiger partial charge in [0.2, 0.25) is 0 Å². The molecule has 0 aliphatic carbocycles. The van der Waals surface area contributed by atoms with Crippen molar-refractivity contribution >= 4 is 17.3 Å². The fourth-order valence-corrected chi connectivity index (χ4v) is 2.95. The monoisotopic (exact) mass is 294 g/mol. The normalized spacial score (nSPS) is 28.5. The molecule has 1 amide bonds. The summed E-state index contributed by atoms with van der Waals surface area (Å²) in [6.45, 7) is 5.15. The summed E-state index contributed by atoms with van der Waals surface area (Å²) in [6.07, 6.45) is -0.409. The van der Waals surface area contributed by atoms with E-state index in [1.165, 1.54) is 6.07 Å². The lowest BCUT2D eigenvalue weighted by atomic mass is 10.1. The minimum absolute atomic E-state index is 0.0284. The van der Waals surface area contributed by atoms with Gasteiger partial charge in [-0.15, -0.1) is 0 Å². The standard InChI is InChI=1S/C15H19FN2O3/c1-3-9-7-21-8(2)6-18(9)13-5-12-10(4-11(13)16)14(19)15(20)17-12/h4-5,8-9,14,19H,3,6-7H2,1-2H3,(H,17,20). The Hall–Kier alpha value is -1.66. The van der Waals surface area contributed by atoms with E-state index in [1.807, 2.05) is 18.7 Å². The number of nitrogens with zero attached hydrogens (tertiary/aromatic N) is 1. The first kappa shape index (κ1) is 14.3. The van der Waals surface area contributed by atoms with E-state index in [0.29, 0.717) is 30.1 Å². The summed E-state index contributed by atoms with van der Waals surface area (Å²) in [7, 11) is 0. The van der Waals surface area contributed by atoms with Crippen LogP contribution < -0.4 is 10.2 Å². The van der Waals surface area contributed by atoms with Crippen LogP contribution in [0.15, 0.2) is 12.1 Å². The number of rotatable bonds is 2. The molecule has 1 fully saturated rings. The summed E-state index contributed by atoms with van der Waals surface area (Å²) in [5.74, 6) is -0.930. The Balaban J connectivity index is 1.99. The Bertz CT molecular complexity index is 578. The third kappa shape index (κ3) is 2.38. The van der Waals surface area contributed by atoms with Crippen LogP contribution in [0.5, 0.6) is 0 Å². The summed E-state index contributed by atoms with van der Waals surface area (Å²) in [6, 6.07) is 2.97. The van der Waals surface area contributed by atoms with Gasteiger partial charge < -0.3 is 20.1 Å². The summed E-state index contributed by atoms with van der Waals surface area (Å²) < 4.78 is 20.1. The van der Waals surface area contributed by atoms with Gasteiger partial charge in [0, 0.05) is 17.8 Å². The van der Waals surface area contributed by atoms with Crippen molar-refractivity contribution in [2.45, 2.75) is 38.5 Å². The number of carbonyl (C=O) groups excluding carboxylic acids is 1. The van der Waals surface area contributed by atoms with E-state index in [2.05, 4.69) is 5.32 Å². The molecule has 5 nitrogen and oxygen atoms in total.